The van der Waals surface area contributed by atoms with E-state index in [4.69, 9.17) is 4.74 Å². The van der Waals surface area contributed by atoms with Crippen molar-refractivity contribution in [1.29, 1.82) is 0 Å². The average molecular weight is 323 g/mol. The van der Waals surface area contributed by atoms with Gasteiger partial charge in [-0.15, -0.1) is 0 Å². The largest absolute Gasteiger partial charge is 0.377 e. The van der Waals surface area contributed by atoms with E-state index in [0.29, 0.717) is 12.0 Å². The fourth-order valence-electron chi connectivity index (χ4n) is 3.52. The van der Waals surface area contributed by atoms with E-state index < -0.39 is 0 Å². The van der Waals surface area contributed by atoms with Crippen molar-refractivity contribution in [2.45, 2.75) is 31.8 Å². The molecule has 1 aromatic heterocycles. The molecule has 2 atom stereocenters. The molecule has 1 aliphatic heterocycles. The van der Waals surface area contributed by atoms with Gasteiger partial charge in [-0.1, -0.05) is 30.3 Å². The molecule has 1 aromatic carbocycles. The summed E-state index contributed by atoms with van der Waals surface area (Å²) in [6.45, 7) is 2.89. The Labute approximate surface area is 143 Å². The van der Waals surface area contributed by atoms with Gasteiger partial charge in [-0.05, 0) is 43.2 Å². The Morgan fingerprint density at radius 3 is 2.54 bits per heavy atom. The molecule has 0 N–H and O–H groups in total. The Balaban J connectivity index is 1.46. The van der Waals surface area contributed by atoms with Crippen LogP contribution in [0.2, 0.25) is 0 Å². The molecule has 4 heteroatoms. The zero-order valence-corrected chi connectivity index (χ0v) is 14.1. The Hall–Kier alpha value is -1.94. The number of hydrogen-bond acceptors (Lipinski definition) is 4. The number of aromatic nitrogens is 2. The van der Waals surface area contributed by atoms with Gasteiger partial charge in [0.2, 0.25) is 5.95 Å². The van der Waals surface area contributed by atoms with E-state index in [0.717, 1.165) is 44.4 Å². The number of piperidine rings is 1. The van der Waals surface area contributed by atoms with Crippen molar-refractivity contribution in [2.75, 3.05) is 24.6 Å². The smallest absolute Gasteiger partial charge is 0.225 e. The quantitative estimate of drug-likeness (QED) is 0.817. The number of ether oxygens (including phenoxy) is 1. The highest BCUT2D eigenvalue weighted by atomic mass is 16.5. The summed E-state index contributed by atoms with van der Waals surface area (Å²) in [6, 6.07) is 12.6. The third-order valence-corrected chi connectivity index (χ3v) is 5.08. The van der Waals surface area contributed by atoms with Crippen LogP contribution in [-0.4, -0.2) is 35.8 Å². The summed E-state index contributed by atoms with van der Waals surface area (Å²) >= 11 is 0. The number of rotatable bonds is 6. The maximum atomic E-state index is 6.31. The third kappa shape index (κ3) is 3.93. The lowest BCUT2D eigenvalue weighted by Crippen LogP contribution is -2.46. The Morgan fingerprint density at radius 1 is 1.00 bits per heavy atom. The fourth-order valence-corrected chi connectivity index (χ4v) is 3.52. The second kappa shape index (κ2) is 7.31. The van der Waals surface area contributed by atoms with Gasteiger partial charge in [-0.2, -0.15) is 0 Å². The molecular weight excluding hydrogens is 298 g/mol. The molecular formula is C20H25N3O. The van der Waals surface area contributed by atoms with Gasteiger partial charge in [-0.25, -0.2) is 9.97 Å². The van der Waals surface area contributed by atoms with Gasteiger partial charge in [0, 0.05) is 38.0 Å². The molecule has 1 saturated heterocycles. The SMILES string of the molecule is c1ccc(C[C@H]2CN(c3ncccn3)CC[C@@H]2OCC2CC2)cc1. The van der Waals surface area contributed by atoms with E-state index in [1.807, 2.05) is 18.5 Å². The highest BCUT2D eigenvalue weighted by molar-refractivity contribution is 5.30. The zero-order chi connectivity index (χ0) is 16.2. The molecule has 1 aliphatic carbocycles. The number of nitrogens with zero attached hydrogens (tertiary/aromatic N) is 3. The third-order valence-electron chi connectivity index (χ3n) is 5.08. The predicted octanol–water partition coefficient (Wildman–Crippen LogP) is 3.34. The first-order valence-electron chi connectivity index (χ1n) is 9.06. The summed E-state index contributed by atoms with van der Waals surface area (Å²) in [5, 5.41) is 0. The molecule has 1 saturated carbocycles. The molecule has 0 amide bonds. The van der Waals surface area contributed by atoms with E-state index in [1.54, 1.807) is 0 Å². The molecule has 0 unspecified atom stereocenters. The summed E-state index contributed by atoms with van der Waals surface area (Å²) in [5.41, 5.74) is 1.39. The normalized spacial score (nSPS) is 24.1. The second-order valence-electron chi connectivity index (χ2n) is 7.05. The Kier molecular flexibility index (Phi) is 4.74. The van der Waals surface area contributed by atoms with Crippen LogP contribution in [0.5, 0.6) is 0 Å². The van der Waals surface area contributed by atoms with Gasteiger partial charge in [-0.3, -0.25) is 0 Å². The summed E-state index contributed by atoms with van der Waals surface area (Å²) in [4.78, 5) is 11.2. The summed E-state index contributed by atoms with van der Waals surface area (Å²) in [7, 11) is 0. The average Bonchev–Trinajstić information content (AvgIpc) is 3.47. The summed E-state index contributed by atoms with van der Waals surface area (Å²) < 4.78 is 6.31. The lowest BCUT2D eigenvalue weighted by molar-refractivity contribution is -0.00500. The fraction of sp³-hybridized carbons (Fsp3) is 0.500. The lowest BCUT2D eigenvalue weighted by Gasteiger charge is -2.38. The highest BCUT2D eigenvalue weighted by Gasteiger charge is 2.32. The molecule has 2 aromatic rings. The van der Waals surface area contributed by atoms with Crippen molar-refractivity contribution in [2.24, 2.45) is 11.8 Å². The number of hydrogen-bond donors (Lipinski definition) is 0. The lowest BCUT2D eigenvalue weighted by atomic mass is 9.88. The van der Waals surface area contributed by atoms with Crippen LogP contribution in [-0.2, 0) is 11.2 Å². The van der Waals surface area contributed by atoms with Crippen molar-refractivity contribution in [1.82, 2.24) is 9.97 Å². The maximum absolute atomic E-state index is 6.31. The second-order valence-corrected chi connectivity index (χ2v) is 7.05. The maximum Gasteiger partial charge on any atom is 0.225 e. The highest BCUT2D eigenvalue weighted by Crippen LogP contribution is 2.32. The molecule has 0 spiro atoms. The minimum Gasteiger partial charge on any atom is -0.377 e. The van der Waals surface area contributed by atoms with E-state index in [9.17, 15) is 0 Å². The van der Waals surface area contributed by atoms with Gasteiger partial charge in [0.25, 0.3) is 0 Å². The van der Waals surface area contributed by atoms with Crippen molar-refractivity contribution in [3.05, 3.63) is 54.4 Å². The van der Waals surface area contributed by atoms with Crippen LogP contribution < -0.4 is 4.90 Å². The van der Waals surface area contributed by atoms with E-state index in [1.165, 1.54) is 18.4 Å². The van der Waals surface area contributed by atoms with Crippen LogP contribution >= 0.6 is 0 Å². The van der Waals surface area contributed by atoms with Crippen LogP contribution in [0.4, 0.5) is 5.95 Å². The Morgan fingerprint density at radius 2 is 1.79 bits per heavy atom. The minimum absolute atomic E-state index is 0.353. The van der Waals surface area contributed by atoms with E-state index in [-0.39, 0.29) is 0 Å². The van der Waals surface area contributed by atoms with Crippen molar-refractivity contribution < 1.29 is 4.74 Å². The van der Waals surface area contributed by atoms with Crippen LogP contribution in [0.25, 0.3) is 0 Å². The van der Waals surface area contributed by atoms with Crippen LogP contribution in [0, 0.1) is 11.8 Å². The summed E-state index contributed by atoms with van der Waals surface area (Å²) in [5.74, 6) is 2.15. The van der Waals surface area contributed by atoms with Crippen molar-refractivity contribution in [3.63, 3.8) is 0 Å². The molecule has 4 nitrogen and oxygen atoms in total. The van der Waals surface area contributed by atoms with Gasteiger partial charge >= 0.3 is 0 Å². The standard InChI is InChI=1S/C20H25N3O/c1-2-5-16(6-3-1)13-18-14-23(20-21-10-4-11-22-20)12-9-19(18)24-15-17-7-8-17/h1-6,10-11,17-19H,7-9,12-15H2/t18-,19-/m0/s1. The molecule has 2 aliphatic rings. The van der Waals surface area contributed by atoms with Crippen LogP contribution in [0.3, 0.4) is 0 Å². The first-order valence-corrected chi connectivity index (χ1v) is 9.06. The van der Waals surface area contributed by atoms with E-state index in [2.05, 4.69) is 45.2 Å². The molecule has 24 heavy (non-hydrogen) atoms. The van der Waals surface area contributed by atoms with Gasteiger partial charge in [0.1, 0.15) is 0 Å². The number of anilines is 1. The molecule has 0 radical (unpaired) electrons. The number of benzene rings is 1. The van der Waals surface area contributed by atoms with E-state index >= 15 is 0 Å². The van der Waals surface area contributed by atoms with Crippen LogP contribution in [0.1, 0.15) is 24.8 Å². The zero-order valence-electron chi connectivity index (χ0n) is 14.1. The predicted molar refractivity (Wildman–Crippen MR) is 95.0 cm³/mol. The van der Waals surface area contributed by atoms with Gasteiger partial charge < -0.3 is 9.64 Å². The molecule has 126 valence electrons. The Bertz CT molecular complexity index is 630. The molecule has 2 heterocycles. The van der Waals surface area contributed by atoms with Gasteiger partial charge in [0.05, 0.1) is 6.10 Å². The van der Waals surface area contributed by atoms with Crippen LogP contribution in [0.15, 0.2) is 48.8 Å². The monoisotopic (exact) mass is 323 g/mol. The first-order chi connectivity index (χ1) is 11.9. The van der Waals surface area contributed by atoms with Crippen molar-refractivity contribution in [3.8, 4) is 0 Å². The van der Waals surface area contributed by atoms with Crippen molar-refractivity contribution >= 4 is 5.95 Å². The minimum atomic E-state index is 0.353. The summed E-state index contributed by atoms with van der Waals surface area (Å²) in [6.07, 6.45) is 8.81. The topological polar surface area (TPSA) is 38.2 Å². The molecule has 4 rings (SSSR count). The molecule has 0 bridgehead atoms. The van der Waals surface area contributed by atoms with Gasteiger partial charge in [0.15, 0.2) is 0 Å². The molecule has 2 fully saturated rings. The first kappa shape index (κ1) is 15.6.